The lowest BCUT2D eigenvalue weighted by molar-refractivity contribution is -0.171. The van der Waals surface area contributed by atoms with E-state index in [0.29, 0.717) is 55.5 Å². The number of aromatic nitrogens is 5. The summed E-state index contributed by atoms with van der Waals surface area (Å²) in [6.07, 6.45) is 1.56. The minimum atomic E-state index is -1.41. The van der Waals surface area contributed by atoms with Crippen LogP contribution in [0.1, 0.15) is 67.2 Å². The molecule has 14 nitrogen and oxygen atoms in total. The van der Waals surface area contributed by atoms with Crippen LogP contribution in [0.25, 0.3) is 11.5 Å². The molecule has 2 saturated heterocycles. The molecule has 48 heavy (non-hydrogen) atoms. The van der Waals surface area contributed by atoms with Crippen LogP contribution in [0.3, 0.4) is 0 Å². The molecular formula is C31H48BFN8O6S. The second-order valence-electron chi connectivity index (χ2n) is 13.6. The van der Waals surface area contributed by atoms with Gasteiger partial charge >= 0.3 is 12.1 Å². The number of unbranched alkanes of at least 4 members (excludes halogenated alkanes) is 1. The molecule has 2 aliphatic rings. The van der Waals surface area contributed by atoms with Gasteiger partial charge in [0, 0.05) is 50.1 Å². The Hall–Kier alpha value is -3.18. The molecule has 2 aromatic heterocycles. The van der Waals surface area contributed by atoms with Crippen LogP contribution in [-0.4, -0.2) is 111 Å². The number of carbonyl (C=O) groups excluding carboxylic acids is 3. The second-order valence-corrected chi connectivity index (χ2v) is 14.4. The molecule has 0 spiro atoms. The van der Waals surface area contributed by atoms with Gasteiger partial charge in [-0.25, -0.2) is 4.79 Å². The van der Waals surface area contributed by atoms with Crippen LogP contribution >= 0.6 is 11.5 Å². The normalized spacial score (nSPS) is 33.9. The second kappa shape index (κ2) is 15.6. The first kappa shape index (κ1) is 37.6. The fraction of sp³-hybridized carbons (Fsp3) is 0.774. The highest BCUT2D eigenvalue weighted by atomic mass is 32.1. The fourth-order valence-corrected chi connectivity index (χ4v) is 7.47. The minimum Gasteiger partial charge on any atom is -0.457 e. The average molecular weight is 691 g/mol. The molecule has 264 valence electrons. The van der Waals surface area contributed by atoms with Crippen molar-refractivity contribution < 1.29 is 33.0 Å². The van der Waals surface area contributed by atoms with Crippen molar-refractivity contribution >= 4 is 42.4 Å². The number of esters is 1. The van der Waals surface area contributed by atoms with Crippen LogP contribution in [0.5, 0.6) is 0 Å². The van der Waals surface area contributed by atoms with Crippen LogP contribution in [0, 0.1) is 17.8 Å². The van der Waals surface area contributed by atoms with Gasteiger partial charge in [-0.15, -0.1) is 5.10 Å². The van der Waals surface area contributed by atoms with Gasteiger partial charge in [0.15, 0.2) is 22.3 Å². The number of nitrogens with zero attached hydrogens (tertiary/aromatic N) is 6. The summed E-state index contributed by atoms with van der Waals surface area (Å²) in [6, 6.07) is -0.988. The maximum Gasteiger partial charge on any atom is 0.410 e. The number of ketones is 1. The Labute approximate surface area is 286 Å². The lowest BCUT2D eigenvalue weighted by Crippen LogP contribution is -2.61. The number of alkyl halides is 1. The van der Waals surface area contributed by atoms with Crippen molar-refractivity contribution in [3.63, 3.8) is 0 Å². The van der Waals surface area contributed by atoms with Crippen molar-refractivity contribution in [2.75, 3.05) is 32.6 Å². The number of halogens is 1. The molecule has 17 heteroatoms. The number of carbonyl (C=O) groups is 3. The van der Waals surface area contributed by atoms with Crippen molar-refractivity contribution in [3.05, 3.63) is 6.20 Å². The SMILES string of the molecule is [B][C@@H]1[C@@H](C)C(=O)[C@@H](C)C(=O)O[C@H](CCF)[C@@]2(C)OC(=O)N(CCCCn3cc(-c4nsc(N)n4)nn3)[C@@H]2[C@@H](C)NC[C@H](C)C[C@@]1(C)OC. The largest absolute Gasteiger partial charge is 0.457 e. The summed E-state index contributed by atoms with van der Waals surface area (Å²) >= 11 is 1.08. The standard InChI is InChI=1S/C31H48BFN8O6S/c1-17-14-30(5,45-7)24(32)18(2)23(42)19(3)27(43)46-22(10-11-33)31(6)25(20(4)35-15-17)41(29(44)47-31)13-9-8-12-40-16-21(37-39-40)26-36-28(34)48-38-26/h16-20,22,24-25,35H,8-15H2,1-7H3,(H2,34,36,38)/t17-,18+,19-,20-,22-,24-,25-,30-,31-/m1/s1. The predicted octanol–water partition coefficient (Wildman–Crippen LogP) is 3.23. The number of nitrogens with two attached hydrogens (primary N) is 1. The van der Waals surface area contributed by atoms with Crippen molar-refractivity contribution in [1.82, 2.24) is 34.6 Å². The maximum absolute atomic E-state index is 14.1. The number of amides is 1. The third kappa shape index (κ3) is 7.99. The van der Waals surface area contributed by atoms with Gasteiger partial charge in [-0.3, -0.25) is 23.6 Å². The van der Waals surface area contributed by atoms with Gasteiger partial charge in [0.2, 0.25) is 0 Å². The smallest absolute Gasteiger partial charge is 0.410 e. The molecule has 2 aliphatic heterocycles. The van der Waals surface area contributed by atoms with Crippen LogP contribution in [0.4, 0.5) is 14.3 Å². The Kier molecular flexibility index (Phi) is 12.2. The molecule has 9 atom stereocenters. The van der Waals surface area contributed by atoms with Crippen LogP contribution in [-0.2, 0) is 30.3 Å². The highest BCUT2D eigenvalue weighted by Crippen LogP contribution is 2.40. The number of methoxy groups -OCH3 is 1. The summed E-state index contributed by atoms with van der Waals surface area (Å²) in [5, 5.41) is 12.2. The van der Waals surface area contributed by atoms with E-state index in [1.807, 2.05) is 13.8 Å². The molecule has 4 rings (SSSR count). The topological polar surface area (TPSA) is 177 Å². The summed E-state index contributed by atoms with van der Waals surface area (Å²) in [6.45, 7) is 11.2. The number of nitrogens with one attached hydrogen (secondary N) is 1. The van der Waals surface area contributed by atoms with E-state index in [1.165, 1.54) is 6.92 Å². The highest BCUT2D eigenvalue weighted by Gasteiger charge is 2.58. The quantitative estimate of drug-likeness (QED) is 0.170. The van der Waals surface area contributed by atoms with Gasteiger partial charge in [-0.1, -0.05) is 19.1 Å². The summed E-state index contributed by atoms with van der Waals surface area (Å²) in [5.41, 5.74) is 3.92. The number of anilines is 1. The number of hydrogen-bond donors (Lipinski definition) is 2. The molecule has 0 aromatic carbocycles. The molecule has 0 unspecified atom stereocenters. The number of ether oxygens (including phenoxy) is 3. The van der Waals surface area contributed by atoms with Gasteiger partial charge in [0.25, 0.3) is 0 Å². The minimum absolute atomic E-state index is 0.0500. The summed E-state index contributed by atoms with van der Waals surface area (Å²) < 4.78 is 37.7. The Morgan fingerprint density at radius 3 is 2.54 bits per heavy atom. The zero-order valence-corrected chi connectivity index (χ0v) is 29.7. The van der Waals surface area contributed by atoms with E-state index < -0.39 is 65.5 Å². The summed E-state index contributed by atoms with van der Waals surface area (Å²) in [7, 11) is 8.18. The van der Waals surface area contributed by atoms with E-state index in [2.05, 4.69) is 31.9 Å². The maximum atomic E-state index is 14.1. The number of fused-ring (bicyclic) bond motifs is 1. The number of cyclic esters (lactones) is 1. The Balaban J connectivity index is 1.56. The number of nitrogen functional groups attached to an aromatic ring is 1. The van der Waals surface area contributed by atoms with Gasteiger partial charge in [0.1, 0.15) is 17.8 Å². The zero-order valence-electron chi connectivity index (χ0n) is 28.8. The molecule has 3 N–H and O–H groups in total. The first-order valence-electron chi connectivity index (χ1n) is 16.5. The van der Waals surface area contributed by atoms with Crippen LogP contribution < -0.4 is 11.1 Å². The molecule has 4 heterocycles. The van der Waals surface area contributed by atoms with E-state index in [4.69, 9.17) is 27.8 Å². The first-order chi connectivity index (χ1) is 22.6. The first-order valence-corrected chi connectivity index (χ1v) is 17.3. The summed E-state index contributed by atoms with van der Waals surface area (Å²) in [5.74, 6) is -3.36. The fourth-order valence-electron chi connectivity index (χ4n) is 7.03. The molecule has 0 saturated carbocycles. The van der Waals surface area contributed by atoms with E-state index in [1.54, 1.807) is 36.7 Å². The van der Waals surface area contributed by atoms with Crippen LogP contribution in [0.15, 0.2) is 6.20 Å². The molecule has 1 amide bonds. The number of rotatable bonds is 9. The molecule has 0 aliphatic carbocycles. The number of hydrogen-bond acceptors (Lipinski definition) is 13. The molecule has 0 bridgehead atoms. The third-order valence-corrected chi connectivity index (χ3v) is 10.5. The van der Waals surface area contributed by atoms with Gasteiger partial charge in [-0.05, 0) is 65.2 Å². The van der Waals surface area contributed by atoms with Crippen molar-refractivity contribution in [2.24, 2.45) is 17.8 Å². The predicted molar refractivity (Wildman–Crippen MR) is 178 cm³/mol. The van der Waals surface area contributed by atoms with Crippen molar-refractivity contribution in [1.29, 1.82) is 0 Å². The molecular weight excluding hydrogens is 642 g/mol. The van der Waals surface area contributed by atoms with Gasteiger partial charge in [-0.2, -0.15) is 9.36 Å². The van der Waals surface area contributed by atoms with E-state index in [9.17, 15) is 18.8 Å². The lowest BCUT2D eigenvalue weighted by atomic mass is 9.62. The van der Waals surface area contributed by atoms with Crippen molar-refractivity contribution in [2.45, 2.75) is 109 Å². The van der Waals surface area contributed by atoms with E-state index in [-0.39, 0.29) is 18.4 Å². The molecule has 2 aromatic rings. The van der Waals surface area contributed by atoms with E-state index in [0.717, 1.165) is 11.5 Å². The lowest BCUT2D eigenvalue weighted by Gasteiger charge is -2.41. The molecule has 2 radical (unpaired) electrons. The van der Waals surface area contributed by atoms with E-state index >= 15 is 0 Å². The molecule has 2 fully saturated rings. The zero-order chi connectivity index (χ0) is 35.4. The average Bonchev–Trinajstić information content (AvgIpc) is 3.77. The Morgan fingerprint density at radius 1 is 1.19 bits per heavy atom. The monoisotopic (exact) mass is 690 g/mol. The highest BCUT2D eigenvalue weighted by molar-refractivity contribution is 7.09. The van der Waals surface area contributed by atoms with Gasteiger partial charge in [0.05, 0.1) is 32.4 Å². The third-order valence-electron chi connectivity index (χ3n) is 9.93. The van der Waals surface area contributed by atoms with Crippen molar-refractivity contribution in [3.8, 4) is 11.5 Å². The Bertz CT molecular complexity index is 1430. The number of Topliss-reactive ketones (excluding diaryl/α,β-unsaturated/α-hetero) is 1. The number of aryl methyl sites for hydroxylation is 1. The van der Waals surface area contributed by atoms with Crippen LogP contribution in [0.2, 0.25) is 5.82 Å². The van der Waals surface area contributed by atoms with Gasteiger partial charge < -0.3 is 25.3 Å². The Morgan fingerprint density at radius 2 is 1.90 bits per heavy atom. The summed E-state index contributed by atoms with van der Waals surface area (Å²) in [4.78, 5) is 46.3.